The third-order valence-electron chi connectivity index (χ3n) is 3.80. The highest BCUT2D eigenvalue weighted by Crippen LogP contribution is 2.13. The summed E-state index contributed by atoms with van der Waals surface area (Å²) < 4.78 is 1.44. The number of aromatic nitrogens is 4. The van der Waals surface area contributed by atoms with Gasteiger partial charge in [-0.1, -0.05) is 23.7 Å². The lowest BCUT2D eigenvalue weighted by molar-refractivity contribution is 0.0991. The third-order valence-corrected chi connectivity index (χ3v) is 4.05. The molecule has 118 valence electrons. The quantitative estimate of drug-likeness (QED) is 0.582. The van der Waals surface area contributed by atoms with Crippen molar-refractivity contribution >= 4 is 34.2 Å². The van der Waals surface area contributed by atoms with Crippen LogP contribution in [0.5, 0.6) is 0 Å². The molecule has 0 aliphatic rings. The van der Waals surface area contributed by atoms with Crippen LogP contribution in [0.15, 0.2) is 53.3 Å². The monoisotopic (exact) mass is 338 g/mol. The van der Waals surface area contributed by atoms with Gasteiger partial charge in [-0.15, -0.1) is 0 Å². The number of hydrogen-bond acceptors (Lipinski definition) is 4. The summed E-state index contributed by atoms with van der Waals surface area (Å²) in [4.78, 5) is 29.4. The Morgan fingerprint density at radius 3 is 2.67 bits per heavy atom. The van der Waals surface area contributed by atoms with Crippen LogP contribution in [0.3, 0.4) is 0 Å². The maximum atomic E-state index is 12.7. The van der Waals surface area contributed by atoms with E-state index in [9.17, 15) is 9.59 Å². The number of carbonyl (C=O) groups excluding carboxylic acids is 1. The lowest BCUT2D eigenvalue weighted by Gasteiger charge is -2.02. The number of benzene rings is 2. The van der Waals surface area contributed by atoms with Gasteiger partial charge >= 0.3 is 0 Å². The van der Waals surface area contributed by atoms with Crippen LogP contribution in [0.1, 0.15) is 16.1 Å². The van der Waals surface area contributed by atoms with Gasteiger partial charge in [0.15, 0.2) is 5.78 Å². The molecule has 4 rings (SSSR count). The van der Waals surface area contributed by atoms with Crippen LogP contribution in [-0.2, 0) is 6.42 Å². The van der Waals surface area contributed by atoms with Crippen molar-refractivity contribution < 1.29 is 4.79 Å². The molecule has 6 nitrogen and oxygen atoms in total. The highest BCUT2D eigenvalue weighted by molar-refractivity contribution is 6.30. The predicted molar refractivity (Wildman–Crippen MR) is 90.6 cm³/mol. The predicted octanol–water partition coefficient (Wildman–Crippen LogP) is 2.65. The van der Waals surface area contributed by atoms with E-state index in [4.69, 9.17) is 11.6 Å². The van der Waals surface area contributed by atoms with Crippen LogP contribution in [0.4, 0.5) is 0 Å². The van der Waals surface area contributed by atoms with E-state index in [1.54, 1.807) is 30.3 Å². The van der Waals surface area contributed by atoms with E-state index in [0.29, 0.717) is 27.4 Å². The second-order valence-electron chi connectivity index (χ2n) is 5.34. The number of aromatic amines is 1. The number of imidazole rings is 1. The number of halogens is 1. The Balaban J connectivity index is 1.78. The molecule has 0 atom stereocenters. The van der Waals surface area contributed by atoms with E-state index in [-0.39, 0.29) is 23.5 Å². The Morgan fingerprint density at radius 2 is 1.88 bits per heavy atom. The fourth-order valence-electron chi connectivity index (χ4n) is 2.61. The molecular formula is C17H11ClN4O2. The van der Waals surface area contributed by atoms with Crippen LogP contribution in [0, 0.1) is 0 Å². The van der Waals surface area contributed by atoms with Crippen LogP contribution in [-0.4, -0.2) is 25.4 Å². The molecule has 2 heterocycles. The molecule has 4 aromatic rings. The molecule has 7 heteroatoms. The van der Waals surface area contributed by atoms with E-state index in [1.165, 1.54) is 4.40 Å². The van der Waals surface area contributed by atoms with Crippen molar-refractivity contribution in [1.29, 1.82) is 0 Å². The Morgan fingerprint density at radius 1 is 1.12 bits per heavy atom. The number of fused-ring (bicyclic) bond motifs is 3. The molecule has 0 saturated carbocycles. The topological polar surface area (TPSA) is 80.1 Å². The molecule has 0 radical (unpaired) electrons. The first kappa shape index (κ1) is 14.6. The van der Waals surface area contributed by atoms with Crippen LogP contribution >= 0.6 is 11.6 Å². The number of Topliss-reactive ketones (excluding diaryl/α,β-unsaturated/α-hetero) is 1. The molecule has 0 saturated heterocycles. The number of carbonyl (C=O) groups is 1. The van der Waals surface area contributed by atoms with E-state index in [1.807, 2.05) is 18.2 Å². The van der Waals surface area contributed by atoms with Crippen molar-refractivity contribution in [2.45, 2.75) is 6.42 Å². The Hall–Kier alpha value is -2.99. The van der Waals surface area contributed by atoms with Crippen molar-refractivity contribution in [1.82, 2.24) is 19.6 Å². The van der Waals surface area contributed by atoms with Gasteiger partial charge in [0.25, 0.3) is 5.56 Å². The summed E-state index contributed by atoms with van der Waals surface area (Å²) in [5.41, 5.74) is 1.65. The molecule has 0 aliphatic carbocycles. The van der Waals surface area contributed by atoms with Gasteiger partial charge < -0.3 is 0 Å². The van der Waals surface area contributed by atoms with Crippen molar-refractivity contribution in [3.8, 4) is 0 Å². The number of ketones is 1. The minimum absolute atomic E-state index is 0.0978. The molecule has 0 spiro atoms. The first-order chi connectivity index (χ1) is 11.6. The van der Waals surface area contributed by atoms with Gasteiger partial charge in [-0.3, -0.25) is 9.59 Å². The number of para-hydroxylation sites is 2. The summed E-state index contributed by atoms with van der Waals surface area (Å²) in [6, 6.07) is 13.8. The van der Waals surface area contributed by atoms with Gasteiger partial charge in [0.2, 0.25) is 5.78 Å². The minimum Gasteiger partial charge on any atom is -0.294 e. The van der Waals surface area contributed by atoms with Crippen molar-refractivity contribution in [2.24, 2.45) is 0 Å². The smallest absolute Gasteiger partial charge is 0.281 e. The summed E-state index contributed by atoms with van der Waals surface area (Å²) in [6.45, 7) is 0. The summed E-state index contributed by atoms with van der Waals surface area (Å²) in [7, 11) is 0. The zero-order valence-corrected chi connectivity index (χ0v) is 13.1. The second kappa shape index (κ2) is 5.58. The average Bonchev–Trinajstić information content (AvgIpc) is 2.97. The summed E-state index contributed by atoms with van der Waals surface area (Å²) in [5, 5.41) is 7.31. The summed E-state index contributed by atoms with van der Waals surface area (Å²) in [6.07, 6.45) is -0.0978. The highest BCUT2D eigenvalue weighted by Gasteiger charge is 2.15. The lowest BCUT2D eigenvalue weighted by Crippen LogP contribution is -2.23. The largest absolute Gasteiger partial charge is 0.294 e. The molecule has 2 aromatic carbocycles. The molecule has 0 fully saturated rings. The average molecular weight is 339 g/mol. The fourth-order valence-corrected chi connectivity index (χ4v) is 2.73. The van der Waals surface area contributed by atoms with Crippen LogP contribution < -0.4 is 5.56 Å². The molecule has 24 heavy (non-hydrogen) atoms. The van der Waals surface area contributed by atoms with Crippen molar-refractivity contribution in [3.05, 3.63) is 75.2 Å². The van der Waals surface area contributed by atoms with Gasteiger partial charge in [0.05, 0.1) is 17.5 Å². The lowest BCUT2D eigenvalue weighted by atomic mass is 10.1. The van der Waals surface area contributed by atoms with E-state index in [2.05, 4.69) is 15.2 Å². The molecule has 0 aliphatic heterocycles. The van der Waals surface area contributed by atoms with E-state index < -0.39 is 0 Å². The number of H-pyrrole nitrogens is 1. The van der Waals surface area contributed by atoms with Crippen LogP contribution in [0.2, 0.25) is 5.02 Å². The van der Waals surface area contributed by atoms with Crippen molar-refractivity contribution in [2.75, 3.05) is 0 Å². The zero-order valence-electron chi connectivity index (χ0n) is 12.4. The molecule has 0 unspecified atom stereocenters. The fraction of sp³-hybridized carbons (Fsp3) is 0.0588. The Bertz CT molecular complexity index is 1130. The maximum Gasteiger partial charge on any atom is 0.281 e. The van der Waals surface area contributed by atoms with Crippen molar-refractivity contribution in [3.63, 3.8) is 0 Å². The number of hydrogen-bond donors (Lipinski definition) is 1. The third kappa shape index (κ3) is 2.37. The Labute approximate surface area is 140 Å². The summed E-state index contributed by atoms with van der Waals surface area (Å²) in [5.74, 6) is 0.150. The Kier molecular flexibility index (Phi) is 3.39. The van der Waals surface area contributed by atoms with E-state index >= 15 is 0 Å². The number of rotatable bonds is 3. The standard InChI is InChI=1S/C17H11ClN4O2/c18-11-7-5-10(6-8-11)15(23)9-13-16(24)22-14-4-2-1-3-12(14)19-17(22)21-20-13/h1-8H,9H2,(H,19,21). The van der Waals surface area contributed by atoms with Gasteiger partial charge in [-0.2, -0.15) is 5.10 Å². The number of nitrogens with zero attached hydrogens (tertiary/aromatic N) is 3. The van der Waals surface area contributed by atoms with Gasteiger partial charge in [-0.25, -0.2) is 14.5 Å². The highest BCUT2D eigenvalue weighted by atomic mass is 35.5. The molecule has 1 N–H and O–H groups in total. The normalized spacial score (nSPS) is 11.2. The van der Waals surface area contributed by atoms with Gasteiger partial charge in [-0.05, 0) is 36.4 Å². The van der Waals surface area contributed by atoms with Crippen LogP contribution in [0.25, 0.3) is 16.8 Å². The number of nitrogens with one attached hydrogen (secondary N) is 1. The van der Waals surface area contributed by atoms with Gasteiger partial charge in [0, 0.05) is 10.6 Å². The zero-order chi connectivity index (χ0) is 16.7. The molecular weight excluding hydrogens is 328 g/mol. The molecule has 0 amide bonds. The molecule has 0 bridgehead atoms. The SMILES string of the molecule is O=C(Cc1n[nH]c2nc3ccccc3n2c1=O)c1ccc(Cl)cc1. The second-order valence-corrected chi connectivity index (χ2v) is 5.78. The maximum absolute atomic E-state index is 12.7. The minimum atomic E-state index is -0.347. The summed E-state index contributed by atoms with van der Waals surface area (Å²) >= 11 is 5.82. The first-order valence-electron chi connectivity index (χ1n) is 7.27. The first-order valence-corrected chi connectivity index (χ1v) is 7.65. The van der Waals surface area contributed by atoms with Gasteiger partial charge in [0.1, 0.15) is 5.69 Å². The van der Waals surface area contributed by atoms with E-state index in [0.717, 1.165) is 0 Å². The molecule has 2 aromatic heterocycles.